The highest BCUT2D eigenvalue weighted by Crippen LogP contribution is 2.24. The Labute approximate surface area is 118 Å². The minimum atomic E-state index is -0.334. The summed E-state index contributed by atoms with van der Waals surface area (Å²) < 4.78 is 6.20. The lowest BCUT2D eigenvalue weighted by Gasteiger charge is -2.03. The average Bonchev–Trinajstić information content (AvgIpc) is 2.67. The SMILES string of the molecule is Cc1sc(C(=O)OCc2cccc(Br)c2)cc1N. The standard InChI is InChI=1S/C13H12BrNO2S/c1-8-11(15)6-12(18-8)13(16)17-7-9-3-2-4-10(14)5-9/h2-6H,7,15H2,1H3. The second-order valence-electron chi connectivity index (χ2n) is 3.83. The van der Waals surface area contributed by atoms with E-state index in [1.54, 1.807) is 6.07 Å². The van der Waals surface area contributed by atoms with Crippen molar-refractivity contribution in [1.29, 1.82) is 0 Å². The van der Waals surface area contributed by atoms with Gasteiger partial charge in [0.2, 0.25) is 0 Å². The monoisotopic (exact) mass is 325 g/mol. The van der Waals surface area contributed by atoms with Gasteiger partial charge in [0.25, 0.3) is 0 Å². The van der Waals surface area contributed by atoms with E-state index in [4.69, 9.17) is 10.5 Å². The quantitative estimate of drug-likeness (QED) is 0.874. The van der Waals surface area contributed by atoms with Gasteiger partial charge in [0.15, 0.2) is 0 Å². The first-order chi connectivity index (χ1) is 8.56. The second-order valence-corrected chi connectivity index (χ2v) is 6.00. The van der Waals surface area contributed by atoms with E-state index in [0.717, 1.165) is 14.9 Å². The van der Waals surface area contributed by atoms with Crippen molar-refractivity contribution in [3.8, 4) is 0 Å². The third kappa shape index (κ3) is 3.11. The fourth-order valence-electron chi connectivity index (χ4n) is 1.44. The van der Waals surface area contributed by atoms with E-state index in [1.165, 1.54) is 11.3 Å². The number of hydrogen-bond donors (Lipinski definition) is 1. The number of carbonyl (C=O) groups is 1. The molecular weight excluding hydrogens is 314 g/mol. The first-order valence-corrected chi connectivity index (χ1v) is 6.94. The molecule has 0 saturated heterocycles. The molecule has 1 aromatic heterocycles. The summed E-state index contributed by atoms with van der Waals surface area (Å²) in [6.07, 6.45) is 0. The Morgan fingerprint density at radius 2 is 2.22 bits per heavy atom. The molecule has 0 saturated carbocycles. The molecule has 1 aromatic carbocycles. The van der Waals surface area contributed by atoms with Crippen LogP contribution in [0, 0.1) is 6.92 Å². The molecule has 94 valence electrons. The van der Waals surface area contributed by atoms with E-state index in [0.29, 0.717) is 10.6 Å². The van der Waals surface area contributed by atoms with Crippen molar-refractivity contribution in [1.82, 2.24) is 0 Å². The Bertz CT molecular complexity index is 561. The number of nitrogen functional groups attached to an aromatic ring is 1. The van der Waals surface area contributed by atoms with Gasteiger partial charge in [0, 0.05) is 15.0 Å². The number of rotatable bonds is 3. The summed E-state index contributed by atoms with van der Waals surface area (Å²) in [4.78, 5) is 13.3. The Morgan fingerprint density at radius 3 is 2.83 bits per heavy atom. The maximum atomic E-state index is 11.8. The van der Waals surface area contributed by atoms with Crippen molar-refractivity contribution in [2.45, 2.75) is 13.5 Å². The minimum absolute atomic E-state index is 0.259. The van der Waals surface area contributed by atoms with Crippen LogP contribution in [-0.2, 0) is 11.3 Å². The number of aryl methyl sites for hydroxylation is 1. The topological polar surface area (TPSA) is 52.3 Å². The van der Waals surface area contributed by atoms with Crippen molar-refractivity contribution in [2.24, 2.45) is 0 Å². The average molecular weight is 326 g/mol. The van der Waals surface area contributed by atoms with Crippen LogP contribution in [0.25, 0.3) is 0 Å². The molecule has 0 radical (unpaired) electrons. The molecule has 0 aliphatic heterocycles. The number of benzene rings is 1. The zero-order valence-corrected chi connectivity index (χ0v) is 12.2. The van der Waals surface area contributed by atoms with E-state index < -0.39 is 0 Å². The summed E-state index contributed by atoms with van der Waals surface area (Å²) in [5, 5.41) is 0. The third-order valence-corrected chi connectivity index (χ3v) is 3.96. The molecular formula is C13H12BrNO2S. The highest BCUT2D eigenvalue weighted by molar-refractivity contribution is 9.10. The maximum absolute atomic E-state index is 11.8. The molecule has 0 atom stereocenters. The lowest BCUT2D eigenvalue weighted by molar-refractivity contribution is 0.0478. The predicted octanol–water partition coefficient (Wildman–Crippen LogP) is 3.76. The number of halogens is 1. The molecule has 3 nitrogen and oxygen atoms in total. The molecule has 0 spiro atoms. The first-order valence-electron chi connectivity index (χ1n) is 5.34. The summed E-state index contributed by atoms with van der Waals surface area (Å²) >= 11 is 4.72. The van der Waals surface area contributed by atoms with Gasteiger partial charge >= 0.3 is 5.97 Å². The van der Waals surface area contributed by atoms with Crippen LogP contribution in [-0.4, -0.2) is 5.97 Å². The van der Waals surface area contributed by atoms with Gasteiger partial charge < -0.3 is 10.5 Å². The van der Waals surface area contributed by atoms with Crippen molar-refractivity contribution < 1.29 is 9.53 Å². The highest BCUT2D eigenvalue weighted by atomic mass is 79.9. The van der Waals surface area contributed by atoms with Gasteiger partial charge in [-0.05, 0) is 30.7 Å². The predicted molar refractivity (Wildman–Crippen MR) is 76.7 cm³/mol. The summed E-state index contributed by atoms with van der Waals surface area (Å²) in [6.45, 7) is 2.14. The lowest BCUT2D eigenvalue weighted by Crippen LogP contribution is -2.03. The number of nitrogens with two attached hydrogens (primary N) is 1. The Kier molecular flexibility index (Phi) is 4.04. The number of carbonyl (C=O) groups excluding carboxylic acids is 1. The molecule has 0 unspecified atom stereocenters. The molecule has 0 aliphatic rings. The molecule has 0 fully saturated rings. The molecule has 2 aromatic rings. The number of ether oxygens (including phenoxy) is 1. The molecule has 1 heterocycles. The zero-order chi connectivity index (χ0) is 13.1. The van der Waals surface area contributed by atoms with Crippen molar-refractivity contribution in [3.05, 3.63) is 50.1 Å². The van der Waals surface area contributed by atoms with Crippen LogP contribution in [0.15, 0.2) is 34.8 Å². The summed E-state index contributed by atoms with van der Waals surface area (Å²) in [7, 11) is 0. The van der Waals surface area contributed by atoms with E-state index in [9.17, 15) is 4.79 Å². The molecule has 2 rings (SSSR count). The fraction of sp³-hybridized carbons (Fsp3) is 0.154. The summed E-state index contributed by atoms with van der Waals surface area (Å²) in [6, 6.07) is 9.31. The number of thiophene rings is 1. The summed E-state index contributed by atoms with van der Waals surface area (Å²) in [5.74, 6) is -0.334. The van der Waals surface area contributed by atoms with E-state index >= 15 is 0 Å². The van der Waals surface area contributed by atoms with Crippen molar-refractivity contribution in [3.63, 3.8) is 0 Å². The first kappa shape index (κ1) is 13.1. The normalized spacial score (nSPS) is 10.3. The van der Waals surface area contributed by atoms with Gasteiger partial charge in [-0.25, -0.2) is 4.79 Å². The van der Waals surface area contributed by atoms with Crippen molar-refractivity contribution in [2.75, 3.05) is 5.73 Å². The molecule has 18 heavy (non-hydrogen) atoms. The third-order valence-electron chi connectivity index (χ3n) is 2.42. The van der Waals surface area contributed by atoms with Crippen LogP contribution in [0.4, 0.5) is 5.69 Å². The van der Waals surface area contributed by atoms with Crippen molar-refractivity contribution >= 4 is 38.9 Å². The van der Waals surface area contributed by atoms with Crippen LogP contribution in [0.1, 0.15) is 20.1 Å². The van der Waals surface area contributed by atoms with Gasteiger partial charge in [-0.2, -0.15) is 0 Å². The van der Waals surface area contributed by atoms with Gasteiger partial charge in [-0.1, -0.05) is 28.1 Å². The Morgan fingerprint density at radius 1 is 1.44 bits per heavy atom. The maximum Gasteiger partial charge on any atom is 0.348 e. The summed E-state index contributed by atoms with van der Waals surface area (Å²) in [5.41, 5.74) is 7.28. The van der Waals surface area contributed by atoms with Crippen LogP contribution in [0.5, 0.6) is 0 Å². The van der Waals surface area contributed by atoms with Gasteiger partial charge in [0.1, 0.15) is 11.5 Å². The van der Waals surface area contributed by atoms with Crippen LogP contribution in [0.2, 0.25) is 0 Å². The molecule has 0 bridgehead atoms. The molecule has 0 aliphatic carbocycles. The second kappa shape index (κ2) is 5.54. The van der Waals surface area contributed by atoms with Crippen LogP contribution in [0.3, 0.4) is 0 Å². The number of hydrogen-bond acceptors (Lipinski definition) is 4. The van der Waals surface area contributed by atoms with Gasteiger partial charge in [-0.3, -0.25) is 0 Å². The smallest absolute Gasteiger partial charge is 0.348 e. The largest absolute Gasteiger partial charge is 0.457 e. The Balaban J connectivity index is 2.00. The van der Waals surface area contributed by atoms with E-state index in [1.807, 2.05) is 31.2 Å². The minimum Gasteiger partial charge on any atom is -0.457 e. The van der Waals surface area contributed by atoms with E-state index in [-0.39, 0.29) is 12.6 Å². The highest BCUT2D eigenvalue weighted by Gasteiger charge is 2.12. The van der Waals surface area contributed by atoms with Crippen LogP contribution >= 0.6 is 27.3 Å². The Hall–Kier alpha value is -1.33. The van der Waals surface area contributed by atoms with E-state index in [2.05, 4.69) is 15.9 Å². The number of anilines is 1. The molecule has 5 heteroatoms. The van der Waals surface area contributed by atoms with Gasteiger partial charge in [-0.15, -0.1) is 11.3 Å². The lowest BCUT2D eigenvalue weighted by atomic mass is 10.2. The fourth-order valence-corrected chi connectivity index (χ4v) is 2.72. The number of esters is 1. The molecule has 0 amide bonds. The van der Waals surface area contributed by atoms with Crippen LogP contribution < -0.4 is 5.73 Å². The molecule has 2 N–H and O–H groups in total. The zero-order valence-electron chi connectivity index (χ0n) is 9.77. The van der Waals surface area contributed by atoms with Gasteiger partial charge in [0.05, 0.1) is 0 Å².